The summed E-state index contributed by atoms with van der Waals surface area (Å²) in [6.45, 7) is 7.16. The van der Waals surface area contributed by atoms with Crippen molar-refractivity contribution < 1.29 is 19.1 Å². The molecule has 0 amide bonds. The topological polar surface area (TPSA) is 78.6 Å². The van der Waals surface area contributed by atoms with E-state index in [-0.39, 0.29) is 6.61 Å². The van der Waals surface area contributed by atoms with E-state index in [0.29, 0.717) is 6.42 Å². The summed E-state index contributed by atoms with van der Waals surface area (Å²) in [6.07, 6.45) is 0.306. The van der Waals surface area contributed by atoms with Gasteiger partial charge in [0.15, 0.2) is 5.41 Å². The summed E-state index contributed by atoms with van der Waals surface area (Å²) < 4.78 is 10.0. The Morgan fingerprint density at radius 3 is 2.19 bits per heavy atom. The van der Waals surface area contributed by atoms with Crippen molar-refractivity contribution in [2.75, 3.05) is 6.61 Å². The van der Waals surface area contributed by atoms with Crippen molar-refractivity contribution >= 4 is 11.9 Å². The van der Waals surface area contributed by atoms with Gasteiger partial charge in [-0.2, -0.15) is 0 Å². The fourth-order valence-electron chi connectivity index (χ4n) is 1.47. The molecule has 5 nitrogen and oxygen atoms in total. The number of esters is 2. The number of nitrogens with two attached hydrogens (primary N) is 1. The lowest BCUT2D eigenvalue weighted by Gasteiger charge is -2.23. The molecule has 0 aliphatic heterocycles. The molecule has 92 valence electrons. The largest absolute Gasteiger partial charge is 0.465 e. The lowest BCUT2D eigenvalue weighted by molar-refractivity contribution is -0.171. The van der Waals surface area contributed by atoms with Crippen LogP contribution in [-0.2, 0) is 19.1 Å². The van der Waals surface area contributed by atoms with Crippen LogP contribution in [0.15, 0.2) is 0 Å². The van der Waals surface area contributed by atoms with Crippen LogP contribution in [0.5, 0.6) is 0 Å². The Labute approximate surface area is 95.3 Å². The van der Waals surface area contributed by atoms with E-state index in [1.807, 2.05) is 0 Å². The minimum Gasteiger partial charge on any atom is -0.465 e. The molecule has 0 heterocycles. The summed E-state index contributed by atoms with van der Waals surface area (Å²) >= 11 is 0. The van der Waals surface area contributed by atoms with Gasteiger partial charge in [0.2, 0.25) is 0 Å². The minimum atomic E-state index is -1.26. The highest BCUT2D eigenvalue weighted by Gasteiger charge is 2.67. The molecule has 16 heavy (non-hydrogen) atoms. The smallest absolute Gasteiger partial charge is 0.325 e. The van der Waals surface area contributed by atoms with Crippen LogP contribution in [0.4, 0.5) is 0 Å². The zero-order chi connectivity index (χ0) is 12.6. The predicted octanol–water partition coefficient (Wildman–Crippen LogP) is 0.609. The average Bonchev–Trinajstić information content (AvgIpc) is 2.76. The van der Waals surface area contributed by atoms with Gasteiger partial charge in [0.1, 0.15) is 5.60 Å². The molecule has 0 aromatic carbocycles. The zero-order valence-corrected chi connectivity index (χ0v) is 10.2. The van der Waals surface area contributed by atoms with Gasteiger partial charge in [-0.3, -0.25) is 9.59 Å². The maximum Gasteiger partial charge on any atom is 0.325 e. The highest BCUT2D eigenvalue weighted by atomic mass is 16.6. The first-order valence-corrected chi connectivity index (χ1v) is 5.40. The van der Waals surface area contributed by atoms with Gasteiger partial charge in [0, 0.05) is 6.04 Å². The normalized spacial score (nSPS) is 28.4. The lowest BCUT2D eigenvalue weighted by atomic mass is 10.1. The van der Waals surface area contributed by atoms with Gasteiger partial charge in [-0.15, -0.1) is 0 Å². The van der Waals surface area contributed by atoms with E-state index < -0.39 is 29.0 Å². The Hall–Kier alpha value is -1.10. The highest BCUT2D eigenvalue weighted by molar-refractivity contribution is 6.04. The molecule has 2 N–H and O–H groups in total. The van der Waals surface area contributed by atoms with Gasteiger partial charge in [0.05, 0.1) is 6.61 Å². The third-order valence-electron chi connectivity index (χ3n) is 2.42. The van der Waals surface area contributed by atoms with Gasteiger partial charge in [-0.25, -0.2) is 0 Å². The van der Waals surface area contributed by atoms with Crippen molar-refractivity contribution in [1.29, 1.82) is 0 Å². The van der Waals surface area contributed by atoms with Gasteiger partial charge < -0.3 is 15.2 Å². The summed E-state index contributed by atoms with van der Waals surface area (Å²) in [7, 11) is 0. The van der Waals surface area contributed by atoms with E-state index in [2.05, 4.69) is 0 Å². The van der Waals surface area contributed by atoms with Crippen LogP contribution in [0, 0.1) is 5.41 Å². The Kier molecular flexibility index (Phi) is 3.28. The molecule has 5 heteroatoms. The summed E-state index contributed by atoms with van der Waals surface area (Å²) in [4.78, 5) is 23.5. The SMILES string of the molecule is CCOC(=O)C1(C(=O)OC(C)(C)C)CC1N. The molecule has 1 aliphatic carbocycles. The number of hydrogen-bond donors (Lipinski definition) is 1. The summed E-state index contributed by atoms with van der Waals surface area (Å²) in [5.74, 6) is -1.15. The monoisotopic (exact) mass is 229 g/mol. The molecule has 2 atom stereocenters. The Balaban J connectivity index is 2.75. The van der Waals surface area contributed by atoms with Crippen LogP contribution in [0.1, 0.15) is 34.1 Å². The molecule has 1 saturated carbocycles. The molecule has 0 spiro atoms. The van der Waals surface area contributed by atoms with E-state index in [1.165, 1.54) is 0 Å². The number of carbonyl (C=O) groups is 2. The van der Waals surface area contributed by atoms with Crippen LogP contribution >= 0.6 is 0 Å². The first-order chi connectivity index (χ1) is 7.24. The molecule has 0 aromatic heterocycles. The van der Waals surface area contributed by atoms with Crippen LogP contribution in [0.2, 0.25) is 0 Å². The van der Waals surface area contributed by atoms with E-state index in [9.17, 15) is 9.59 Å². The van der Waals surface area contributed by atoms with Gasteiger partial charge in [-0.1, -0.05) is 0 Å². The van der Waals surface area contributed by atoms with Crippen molar-refractivity contribution in [2.24, 2.45) is 11.1 Å². The van der Waals surface area contributed by atoms with Crippen LogP contribution in [0.25, 0.3) is 0 Å². The Morgan fingerprint density at radius 1 is 1.38 bits per heavy atom. The second kappa shape index (κ2) is 4.05. The van der Waals surface area contributed by atoms with Crippen LogP contribution < -0.4 is 5.73 Å². The van der Waals surface area contributed by atoms with E-state index in [0.717, 1.165) is 0 Å². The molecular formula is C11H19NO4. The van der Waals surface area contributed by atoms with Gasteiger partial charge in [0.25, 0.3) is 0 Å². The third-order valence-corrected chi connectivity index (χ3v) is 2.42. The first kappa shape index (κ1) is 13.0. The quantitative estimate of drug-likeness (QED) is 0.566. The first-order valence-electron chi connectivity index (χ1n) is 5.40. The van der Waals surface area contributed by atoms with Crippen molar-refractivity contribution in [1.82, 2.24) is 0 Å². The number of carbonyl (C=O) groups excluding carboxylic acids is 2. The second-order valence-electron chi connectivity index (χ2n) is 5.00. The van der Waals surface area contributed by atoms with E-state index in [1.54, 1.807) is 27.7 Å². The maximum atomic E-state index is 11.9. The third kappa shape index (κ3) is 2.35. The summed E-state index contributed by atoms with van der Waals surface area (Å²) in [5, 5.41) is 0. The molecule has 1 aliphatic rings. The lowest BCUT2D eigenvalue weighted by Crippen LogP contribution is -2.39. The molecule has 1 rings (SSSR count). The van der Waals surface area contributed by atoms with E-state index in [4.69, 9.17) is 15.2 Å². The second-order valence-corrected chi connectivity index (χ2v) is 5.00. The van der Waals surface area contributed by atoms with Crippen LogP contribution in [0.3, 0.4) is 0 Å². The molecular weight excluding hydrogens is 210 g/mol. The van der Waals surface area contributed by atoms with Gasteiger partial charge in [-0.05, 0) is 34.1 Å². The molecule has 0 aromatic rings. The van der Waals surface area contributed by atoms with Crippen LogP contribution in [-0.4, -0.2) is 30.2 Å². The molecule has 0 saturated heterocycles. The molecule has 0 bridgehead atoms. The minimum absolute atomic E-state index is 0.232. The zero-order valence-electron chi connectivity index (χ0n) is 10.2. The highest BCUT2D eigenvalue weighted by Crippen LogP contribution is 2.47. The average molecular weight is 229 g/mol. The van der Waals surface area contributed by atoms with Crippen molar-refractivity contribution in [3.8, 4) is 0 Å². The van der Waals surface area contributed by atoms with Gasteiger partial charge >= 0.3 is 11.9 Å². The Bertz CT molecular complexity index is 308. The van der Waals surface area contributed by atoms with E-state index >= 15 is 0 Å². The molecule has 1 fully saturated rings. The maximum absolute atomic E-state index is 11.9. The van der Waals surface area contributed by atoms with Crippen molar-refractivity contribution in [2.45, 2.75) is 45.8 Å². The summed E-state index contributed by atoms with van der Waals surface area (Å²) in [6, 6.07) is -0.485. The number of hydrogen-bond acceptors (Lipinski definition) is 5. The number of rotatable bonds is 3. The molecule has 0 radical (unpaired) electrons. The fourth-order valence-corrected chi connectivity index (χ4v) is 1.47. The van der Waals surface area contributed by atoms with Crippen molar-refractivity contribution in [3.05, 3.63) is 0 Å². The molecule has 2 unspecified atom stereocenters. The fraction of sp³-hybridized carbons (Fsp3) is 0.818. The predicted molar refractivity (Wildman–Crippen MR) is 57.5 cm³/mol. The standard InChI is InChI=1S/C11H19NO4/c1-5-15-8(13)11(6-7(11)12)9(14)16-10(2,3)4/h7H,5-6,12H2,1-4H3. The number of ether oxygens (including phenoxy) is 2. The Morgan fingerprint density at radius 2 is 1.88 bits per heavy atom. The van der Waals surface area contributed by atoms with Crippen molar-refractivity contribution in [3.63, 3.8) is 0 Å². The summed E-state index contributed by atoms with van der Waals surface area (Å²) in [5.41, 5.74) is 3.76.